The number of hydrogen-bond acceptors (Lipinski definition) is 2. The van der Waals surface area contributed by atoms with Gasteiger partial charge in [-0.25, -0.2) is 14.1 Å². The fourth-order valence-corrected chi connectivity index (χ4v) is 2.20. The van der Waals surface area contributed by atoms with Crippen LogP contribution in [0.15, 0.2) is 24.4 Å². The number of nitrogens with one attached hydrogen (secondary N) is 1. The minimum absolute atomic E-state index is 0.239. The van der Waals surface area contributed by atoms with Crippen molar-refractivity contribution in [3.05, 3.63) is 35.8 Å². The Morgan fingerprint density at radius 1 is 1.26 bits per heavy atom. The second kappa shape index (κ2) is 4.19. The van der Waals surface area contributed by atoms with E-state index >= 15 is 0 Å². The lowest BCUT2D eigenvalue weighted by Crippen LogP contribution is -2.02. The molecule has 0 radical (unpaired) electrons. The van der Waals surface area contributed by atoms with Crippen molar-refractivity contribution in [3.8, 4) is 11.4 Å². The van der Waals surface area contributed by atoms with Crippen molar-refractivity contribution in [2.45, 2.75) is 26.8 Å². The predicted octanol–water partition coefficient (Wildman–Crippen LogP) is 3.45. The van der Waals surface area contributed by atoms with Crippen molar-refractivity contribution < 1.29 is 4.39 Å². The smallest absolute Gasteiger partial charge is 0.176 e. The van der Waals surface area contributed by atoms with Crippen LogP contribution in [-0.2, 0) is 0 Å². The summed E-state index contributed by atoms with van der Waals surface area (Å²) in [7, 11) is 0. The van der Waals surface area contributed by atoms with Gasteiger partial charge in [-0.3, -0.25) is 0 Å². The number of imidazole rings is 1. The largest absolute Gasteiger partial charge is 0.335 e. The van der Waals surface area contributed by atoms with Gasteiger partial charge in [0, 0.05) is 11.6 Å². The van der Waals surface area contributed by atoms with E-state index in [1.807, 2.05) is 31.5 Å². The van der Waals surface area contributed by atoms with Gasteiger partial charge in [0.25, 0.3) is 0 Å². The summed E-state index contributed by atoms with van der Waals surface area (Å²) in [6.07, 6.45) is 1.75. The highest BCUT2D eigenvalue weighted by atomic mass is 19.1. The van der Waals surface area contributed by atoms with Gasteiger partial charge >= 0.3 is 0 Å². The number of aromatic nitrogens is 4. The number of H-pyrrole nitrogens is 1. The third kappa shape index (κ3) is 2.01. The highest BCUT2D eigenvalue weighted by Gasteiger charge is 2.12. The maximum atomic E-state index is 13.4. The summed E-state index contributed by atoms with van der Waals surface area (Å²) in [6, 6.07) is 5.14. The van der Waals surface area contributed by atoms with E-state index in [1.54, 1.807) is 6.20 Å². The van der Waals surface area contributed by atoms with E-state index in [1.165, 1.54) is 12.1 Å². The van der Waals surface area contributed by atoms with Gasteiger partial charge in [-0.05, 0) is 44.5 Å². The molecule has 0 bridgehead atoms. The first-order valence-electron chi connectivity index (χ1n) is 6.25. The second-order valence-electron chi connectivity index (χ2n) is 5.02. The van der Waals surface area contributed by atoms with Gasteiger partial charge in [-0.15, -0.1) is 0 Å². The van der Waals surface area contributed by atoms with Crippen molar-refractivity contribution in [3.63, 3.8) is 0 Å². The molecule has 0 spiro atoms. The van der Waals surface area contributed by atoms with E-state index in [4.69, 9.17) is 0 Å². The van der Waals surface area contributed by atoms with Gasteiger partial charge in [0.2, 0.25) is 0 Å². The first-order valence-corrected chi connectivity index (χ1v) is 6.25. The predicted molar refractivity (Wildman–Crippen MR) is 72.4 cm³/mol. The van der Waals surface area contributed by atoms with Crippen LogP contribution in [0.2, 0.25) is 0 Å². The summed E-state index contributed by atoms with van der Waals surface area (Å²) in [5.41, 5.74) is 3.29. The average molecular weight is 258 g/mol. The van der Waals surface area contributed by atoms with Gasteiger partial charge in [-0.1, -0.05) is 0 Å². The average Bonchev–Trinajstić information content (AvgIpc) is 2.85. The molecule has 0 unspecified atom stereocenters. The third-order valence-electron chi connectivity index (χ3n) is 3.04. The number of hydrogen-bond donors (Lipinski definition) is 1. The lowest BCUT2D eigenvalue weighted by Gasteiger charge is -2.04. The molecule has 0 saturated carbocycles. The molecule has 0 fully saturated rings. The molecule has 0 amide bonds. The van der Waals surface area contributed by atoms with E-state index in [0.29, 0.717) is 5.82 Å². The summed E-state index contributed by atoms with van der Waals surface area (Å²) in [4.78, 5) is 7.71. The highest BCUT2D eigenvalue weighted by molar-refractivity contribution is 5.76. The molecular formula is C14H15FN4. The molecular weight excluding hydrogens is 243 g/mol. The molecule has 2 aromatic heterocycles. The fraction of sp³-hybridized carbons (Fsp3) is 0.286. The fourth-order valence-electron chi connectivity index (χ4n) is 2.20. The Hall–Kier alpha value is -2.17. The van der Waals surface area contributed by atoms with E-state index in [0.717, 1.165) is 22.3 Å². The van der Waals surface area contributed by atoms with Gasteiger partial charge in [0.05, 0.1) is 6.20 Å². The molecule has 5 heteroatoms. The van der Waals surface area contributed by atoms with E-state index < -0.39 is 0 Å². The van der Waals surface area contributed by atoms with Crippen LogP contribution < -0.4 is 0 Å². The molecule has 0 aliphatic carbocycles. The monoisotopic (exact) mass is 258 g/mol. The lowest BCUT2D eigenvalue weighted by atomic mass is 10.1. The third-order valence-corrected chi connectivity index (χ3v) is 3.04. The van der Waals surface area contributed by atoms with Crippen molar-refractivity contribution in [1.82, 2.24) is 19.7 Å². The van der Waals surface area contributed by atoms with Crippen LogP contribution in [-0.4, -0.2) is 19.7 Å². The van der Waals surface area contributed by atoms with E-state index in [9.17, 15) is 4.39 Å². The van der Waals surface area contributed by atoms with Crippen LogP contribution in [0.3, 0.4) is 0 Å². The van der Waals surface area contributed by atoms with Crippen LogP contribution in [0.1, 0.15) is 25.5 Å². The van der Waals surface area contributed by atoms with Crippen LogP contribution in [0.4, 0.5) is 4.39 Å². The molecule has 0 saturated heterocycles. The van der Waals surface area contributed by atoms with Gasteiger partial charge in [0.1, 0.15) is 17.2 Å². The van der Waals surface area contributed by atoms with Crippen LogP contribution in [0.5, 0.6) is 0 Å². The molecule has 4 nitrogen and oxygen atoms in total. The normalized spacial score (nSPS) is 11.6. The lowest BCUT2D eigenvalue weighted by molar-refractivity contribution is 0.547. The summed E-state index contributed by atoms with van der Waals surface area (Å²) in [6.45, 7) is 5.96. The number of fused-ring (bicyclic) bond motifs is 1. The quantitative estimate of drug-likeness (QED) is 0.765. The number of nitrogens with zero attached hydrogens (tertiary/aromatic N) is 3. The van der Waals surface area contributed by atoms with Gasteiger partial charge in [0.15, 0.2) is 5.65 Å². The van der Waals surface area contributed by atoms with Crippen LogP contribution in [0, 0.1) is 12.7 Å². The molecule has 0 aliphatic heterocycles. The molecule has 0 atom stereocenters. The maximum absolute atomic E-state index is 13.4. The Morgan fingerprint density at radius 3 is 2.74 bits per heavy atom. The molecule has 1 aromatic carbocycles. The Balaban J connectivity index is 2.15. The topological polar surface area (TPSA) is 46.5 Å². The Morgan fingerprint density at radius 2 is 2.05 bits per heavy atom. The molecule has 3 aromatic rings. The van der Waals surface area contributed by atoms with Gasteiger partial charge in [-0.2, -0.15) is 5.10 Å². The number of benzene rings is 1. The standard InChI is InChI=1S/C14H15FN4/c1-8(2)19-14-12(7-16-19)17-13(18-14)10-4-9(3)5-11(15)6-10/h4-8H,1-3H3,(H,17,18). The summed E-state index contributed by atoms with van der Waals surface area (Å²) >= 11 is 0. The molecule has 0 aliphatic rings. The zero-order chi connectivity index (χ0) is 13.6. The molecule has 98 valence electrons. The Labute approximate surface area is 110 Å². The Kier molecular flexibility index (Phi) is 2.62. The SMILES string of the molecule is Cc1cc(F)cc(-c2nc3c(cnn3C(C)C)[nH]2)c1. The van der Waals surface area contributed by atoms with Crippen molar-refractivity contribution >= 4 is 11.2 Å². The Bertz CT molecular complexity index is 719. The maximum Gasteiger partial charge on any atom is 0.176 e. The molecule has 3 rings (SSSR count). The summed E-state index contributed by atoms with van der Waals surface area (Å²) in [5, 5.41) is 4.27. The van der Waals surface area contributed by atoms with E-state index in [2.05, 4.69) is 15.1 Å². The minimum Gasteiger partial charge on any atom is -0.335 e. The van der Waals surface area contributed by atoms with Crippen molar-refractivity contribution in [2.24, 2.45) is 0 Å². The zero-order valence-electron chi connectivity index (χ0n) is 11.1. The van der Waals surface area contributed by atoms with Crippen LogP contribution in [0.25, 0.3) is 22.6 Å². The van der Waals surface area contributed by atoms with Crippen molar-refractivity contribution in [1.29, 1.82) is 0 Å². The first kappa shape index (κ1) is 11.9. The van der Waals surface area contributed by atoms with Crippen LogP contribution >= 0.6 is 0 Å². The molecule has 19 heavy (non-hydrogen) atoms. The summed E-state index contributed by atoms with van der Waals surface area (Å²) in [5.74, 6) is 0.422. The first-order chi connectivity index (χ1) is 9.04. The van der Waals surface area contributed by atoms with Gasteiger partial charge < -0.3 is 4.98 Å². The summed E-state index contributed by atoms with van der Waals surface area (Å²) < 4.78 is 15.3. The number of aryl methyl sites for hydroxylation is 1. The molecule has 1 N–H and O–H groups in total. The number of rotatable bonds is 2. The second-order valence-corrected chi connectivity index (χ2v) is 5.02. The number of halogens is 1. The zero-order valence-corrected chi connectivity index (χ0v) is 11.1. The molecule has 2 heterocycles. The number of aromatic amines is 1. The minimum atomic E-state index is -0.249. The van der Waals surface area contributed by atoms with Crippen molar-refractivity contribution in [2.75, 3.05) is 0 Å². The highest BCUT2D eigenvalue weighted by Crippen LogP contribution is 2.23. The van der Waals surface area contributed by atoms with E-state index in [-0.39, 0.29) is 11.9 Å².